The molecule has 2 rings (SSSR count). The van der Waals surface area contributed by atoms with E-state index in [1.54, 1.807) is 18.2 Å². The van der Waals surface area contributed by atoms with Crippen LogP contribution in [0.25, 0.3) is 0 Å². The van der Waals surface area contributed by atoms with Crippen molar-refractivity contribution >= 4 is 29.1 Å². The van der Waals surface area contributed by atoms with Crippen molar-refractivity contribution in [3.8, 4) is 5.75 Å². The van der Waals surface area contributed by atoms with Crippen LogP contribution in [0.4, 0.5) is 8.78 Å². The lowest BCUT2D eigenvalue weighted by atomic mass is 10.2. The lowest BCUT2D eigenvalue weighted by molar-refractivity contribution is -0.0498. The van der Waals surface area contributed by atoms with Gasteiger partial charge in [-0.3, -0.25) is 4.79 Å². The molecule has 0 saturated carbocycles. The minimum Gasteiger partial charge on any atom is -0.435 e. The smallest absolute Gasteiger partial charge is 0.387 e. The average molecular weight is 346 g/mol. The number of hydrogen-bond donors (Lipinski definition) is 1. The number of carbonyl (C=O) groups excluding carboxylic acids is 1. The van der Waals surface area contributed by atoms with Gasteiger partial charge in [-0.25, -0.2) is 0 Å². The van der Waals surface area contributed by atoms with Crippen LogP contribution < -0.4 is 10.1 Å². The lowest BCUT2D eigenvalue weighted by Crippen LogP contribution is -2.22. The number of ether oxygens (including phenoxy) is 1. The quantitative estimate of drug-likeness (QED) is 0.864. The van der Waals surface area contributed by atoms with E-state index in [2.05, 4.69) is 10.1 Å². The zero-order valence-electron chi connectivity index (χ0n) is 11.2. The zero-order valence-corrected chi connectivity index (χ0v) is 12.7. The molecular weight excluding hydrogens is 335 g/mol. The van der Waals surface area contributed by atoms with Gasteiger partial charge in [-0.05, 0) is 35.9 Å². The van der Waals surface area contributed by atoms with Gasteiger partial charge in [0.2, 0.25) is 0 Å². The van der Waals surface area contributed by atoms with Crippen LogP contribution in [0.3, 0.4) is 0 Å². The van der Waals surface area contributed by atoms with Gasteiger partial charge in [-0.15, -0.1) is 0 Å². The predicted molar refractivity (Wildman–Crippen MR) is 80.7 cm³/mol. The summed E-state index contributed by atoms with van der Waals surface area (Å²) in [6.07, 6.45) is 0. The molecule has 1 N–H and O–H groups in total. The molecule has 3 nitrogen and oxygen atoms in total. The molecule has 0 aliphatic heterocycles. The minimum atomic E-state index is -2.86. The van der Waals surface area contributed by atoms with E-state index >= 15 is 0 Å². The van der Waals surface area contributed by atoms with E-state index < -0.39 is 6.61 Å². The molecule has 0 bridgehead atoms. The Labute approximate surface area is 135 Å². The Kier molecular flexibility index (Phi) is 5.57. The summed E-state index contributed by atoms with van der Waals surface area (Å²) in [7, 11) is 0. The molecule has 0 spiro atoms. The van der Waals surface area contributed by atoms with Crippen LogP contribution >= 0.6 is 23.2 Å². The number of rotatable bonds is 5. The molecule has 0 aliphatic carbocycles. The summed E-state index contributed by atoms with van der Waals surface area (Å²) < 4.78 is 28.3. The van der Waals surface area contributed by atoms with Crippen molar-refractivity contribution < 1.29 is 18.3 Å². The van der Waals surface area contributed by atoms with Crippen LogP contribution in [0.5, 0.6) is 5.75 Å². The highest BCUT2D eigenvalue weighted by atomic mass is 35.5. The first-order valence-corrected chi connectivity index (χ1v) is 6.98. The molecule has 2 aromatic carbocycles. The Morgan fingerprint density at radius 3 is 2.36 bits per heavy atom. The third-order valence-corrected chi connectivity index (χ3v) is 3.52. The fourth-order valence-corrected chi connectivity index (χ4v) is 2.01. The number of hydrogen-bond acceptors (Lipinski definition) is 2. The lowest BCUT2D eigenvalue weighted by Gasteiger charge is -2.08. The molecule has 0 unspecified atom stereocenters. The number of halogens is 4. The summed E-state index contributed by atoms with van der Waals surface area (Å²) in [5.74, 6) is -0.249. The van der Waals surface area contributed by atoms with E-state index in [0.717, 1.165) is 5.56 Å². The van der Waals surface area contributed by atoms with E-state index in [-0.39, 0.29) is 18.2 Å². The molecule has 116 valence electrons. The third kappa shape index (κ3) is 4.58. The monoisotopic (exact) mass is 345 g/mol. The Hall–Kier alpha value is -1.85. The van der Waals surface area contributed by atoms with Crippen molar-refractivity contribution in [1.29, 1.82) is 0 Å². The van der Waals surface area contributed by atoms with E-state index in [1.807, 2.05) is 0 Å². The first-order chi connectivity index (χ1) is 10.5. The van der Waals surface area contributed by atoms with Crippen molar-refractivity contribution in [3.63, 3.8) is 0 Å². The maximum atomic E-state index is 12.0. The Morgan fingerprint density at radius 1 is 1.09 bits per heavy atom. The SMILES string of the molecule is O=C(NCc1ccc(OC(F)F)cc1)c1ccc(Cl)c(Cl)c1. The van der Waals surface area contributed by atoms with Gasteiger partial charge in [-0.1, -0.05) is 35.3 Å². The van der Waals surface area contributed by atoms with Crippen molar-refractivity contribution in [2.75, 3.05) is 0 Å². The highest BCUT2D eigenvalue weighted by molar-refractivity contribution is 6.42. The van der Waals surface area contributed by atoms with Crippen molar-refractivity contribution in [2.45, 2.75) is 13.2 Å². The Balaban J connectivity index is 1.94. The maximum absolute atomic E-state index is 12.0. The summed E-state index contributed by atoms with van der Waals surface area (Å²) in [6.45, 7) is -2.62. The second-order valence-electron chi connectivity index (χ2n) is 4.33. The number of carbonyl (C=O) groups is 1. The number of benzene rings is 2. The molecular formula is C15H11Cl2F2NO2. The van der Waals surface area contributed by atoms with Crippen LogP contribution in [-0.4, -0.2) is 12.5 Å². The normalized spacial score (nSPS) is 10.6. The van der Waals surface area contributed by atoms with Crippen LogP contribution in [0, 0.1) is 0 Å². The molecule has 0 fully saturated rings. The van der Waals surface area contributed by atoms with Crippen molar-refractivity contribution in [1.82, 2.24) is 5.32 Å². The van der Waals surface area contributed by atoms with Gasteiger partial charge in [0.05, 0.1) is 10.0 Å². The van der Waals surface area contributed by atoms with Crippen molar-refractivity contribution in [3.05, 3.63) is 63.6 Å². The summed E-state index contributed by atoms with van der Waals surface area (Å²) in [5.41, 5.74) is 1.13. The van der Waals surface area contributed by atoms with Crippen LogP contribution in [0.15, 0.2) is 42.5 Å². The fraction of sp³-hybridized carbons (Fsp3) is 0.133. The van der Waals surface area contributed by atoms with E-state index in [4.69, 9.17) is 23.2 Å². The highest BCUT2D eigenvalue weighted by Crippen LogP contribution is 2.22. The van der Waals surface area contributed by atoms with Gasteiger partial charge in [-0.2, -0.15) is 8.78 Å². The van der Waals surface area contributed by atoms with Crippen molar-refractivity contribution in [2.24, 2.45) is 0 Å². The van der Waals surface area contributed by atoms with E-state index in [1.165, 1.54) is 24.3 Å². The van der Waals surface area contributed by atoms with Gasteiger partial charge >= 0.3 is 6.61 Å². The Morgan fingerprint density at radius 2 is 1.77 bits per heavy atom. The molecule has 0 aliphatic rings. The first kappa shape index (κ1) is 16.5. The highest BCUT2D eigenvalue weighted by Gasteiger charge is 2.08. The number of nitrogens with one attached hydrogen (secondary N) is 1. The topological polar surface area (TPSA) is 38.3 Å². The number of amides is 1. The summed E-state index contributed by atoms with van der Waals surface area (Å²) in [5, 5.41) is 3.36. The molecule has 0 heterocycles. The van der Waals surface area contributed by atoms with Gasteiger partial charge in [0, 0.05) is 12.1 Å². The van der Waals surface area contributed by atoms with Crippen LogP contribution in [-0.2, 0) is 6.54 Å². The van der Waals surface area contributed by atoms with E-state index in [9.17, 15) is 13.6 Å². The second kappa shape index (κ2) is 7.42. The number of alkyl halides is 2. The molecule has 2 aromatic rings. The van der Waals surface area contributed by atoms with Gasteiger partial charge < -0.3 is 10.1 Å². The first-order valence-electron chi connectivity index (χ1n) is 6.22. The third-order valence-electron chi connectivity index (χ3n) is 2.78. The van der Waals surface area contributed by atoms with Crippen LogP contribution in [0.2, 0.25) is 10.0 Å². The molecule has 1 amide bonds. The zero-order chi connectivity index (χ0) is 16.1. The molecule has 0 atom stereocenters. The molecule has 0 radical (unpaired) electrons. The average Bonchev–Trinajstić information content (AvgIpc) is 2.48. The van der Waals surface area contributed by atoms with Gasteiger partial charge in [0.1, 0.15) is 5.75 Å². The largest absolute Gasteiger partial charge is 0.435 e. The van der Waals surface area contributed by atoms with Gasteiger partial charge in [0.15, 0.2) is 0 Å². The second-order valence-corrected chi connectivity index (χ2v) is 5.15. The predicted octanol–water partition coefficient (Wildman–Crippen LogP) is 4.52. The minimum absolute atomic E-state index is 0.0644. The molecule has 0 saturated heterocycles. The Bertz CT molecular complexity index is 663. The summed E-state index contributed by atoms with van der Waals surface area (Å²) >= 11 is 11.6. The maximum Gasteiger partial charge on any atom is 0.387 e. The molecule has 22 heavy (non-hydrogen) atoms. The standard InChI is InChI=1S/C15H11Cl2F2NO2/c16-12-6-3-10(7-13(12)17)14(21)20-8-9-1-4-11(5-2-9)22-15(18)19/h1-7,15H,8H2,(H,20,21). The van der Waals surface area contributed by atoms with E-state index in [0.29, 0.717) is 15.6 Å². The summed E-state index contributed by atoms with van der Waals surface area (Å²) in [6, 6.07) is 10.6. The van der Waals surface area contributed by atoms with Crippen LogP contribution in [0.1, 0.15) is 15.9 Å². The molecule has 7 heteroatoms. The molecule has 0 aromatic heterocycles. The fourth-order valence-electron chi connectivity index (χ4n) is 1.71. The summed E-state index contributed by atoms with van der Waals surface area (Å²) in [4.78, 5) is 12.0. The van der Waals surface area contributed by atoms with Gasteiger partial charge in [0.25, 0.3) is 5.91 Å².